The molecule has 0 saturated carbocycles. The van der Waals surface area contributed by atoms with E-state index in [4.69, 9.17) is 0 Å². The number of amides is 1. The summed E-state index contributed by atoms with van der Waals surface area (Å²) in [7, 11) is 0. The van der Waals surface area contributed by atoms with E-state index >= 15 is 0 Å². The lowest BCUT2D eigenvalue weighted by molar-refractivity contribution is 0.0917. The van der Waals surface area contributed by atoms with Gasteiger partial charge in [-0.05, 0) is 18.1 Å². The topological polar surface area (TPSA) is 84.7 Å². The van der Waals surface area contributed by atoms with Crippen LogP contribution in [0.4, 0.5) is 0 Å². The Morgan fingerprint density at radius 3 is 2.91 bits per heavy atom. The van der Waals surface area contributed by atoms with Crippen LogP contribution in [-0.2, 0) is 13.0 Å². The van der Waals surface area contributed by atoms with Gasteiger partial charge in [0.15, 0.2) is 5.82 Å². The molecule has 0 bridgehead atoms. The third-order valence-electron chi connectivity index (χ3n) is 4.02. The average molecular weight is 314 g/mol. The molecule has 0 aromatic carbocycles. The first-order valence-electron chi connectivity index (χ1n) is 8.01. The zero-order chi connectivity index (χ0) is 16.2. The number of hydrogen-bond donors (Lipinski definition) is 2. The summed E-state index contributed by atoms with van der Waals surface area (Å²) in [6.45, 7) is 6.75. The van der Waals surface area contributed by atoms with Crippen LogP contribution in [0.2, 0.25) is 0 Å². The van der Waals surface area contributed by atoms with Gasteiger partial charge in [-0.15, -0.1) is 10.2 Å². The second kappa shape index (κ2) is 6.87. The molecule has 2 N–H and O–H groups in total. The fraction of sp³-hybridized carbons (Fsp3) is 0.500. The lowest BCUT2D eigenvalue weighted by Crippen LogP contribution is -2.34. The lowest BCUT2D eigenvalue weighted by Gasteiger charge is -2.22. The molecule has 0 unspecified atom stereocenters. The smallest absolute Gasteiger partial charge is 0.270 e. The maximum Gasteiger partial charge on any atom is 0.270 e. The number of pyridine rings is 1. The maximum atomic E-state index is 12.4. The first-order chi connectivity index (χ1) is 11.2. The van der Waals surface area contributed by atoms with Crippen LogP contribution in [0.1, 0.15) is 42.0 Å². The number of aromatic nitrogens is 4. The van der Waals surface area contributed by atoms with Gasteiger partial charge in [-0.1, -0.05) is 19.9 Å². The summed E-state index contributed by atoms with van der Waals surface area (Å²) >= 11 is 0. The Bertz CT molecular complexity index is 666. The van der Waals surface area contributed by atoms with Gasteiger partial charge in [-0.25, -0.2) is 0 Å². The molecular formula is C16H22N6O. The Morgan fingerprint density at radius 2 is 2.17 bits per heavy atom. The van der Waals surface area contributed by atoms with Gasteiger partial charge in [0.1, 0.15) is 11.5 Å². The van der Waals surface area contributed by atoms with Crippen LogP contribution < -0.4 is 10.6 Å². The lowest BCUT2D eigenvalue weighted by atomic mass is 10.0. The first kappa shape index (κ1) is 15.6. The molecule has 2 aromatic heterocycles. The molecular weight excluding hydrogens is 292 g/mol. The van der Waals surface area contributed by atoms with Crippen LogP contribution in [0.5, 0.6) is 0 Å². The number of carbonyl (C=O) groups is 1. The molecule has 122 valence electrons. The molecule has 0 spiro atoms. The van der Waals surface area contributed by atoms with Crippen molar-refractivity contribution in [3.63, 3.8) is 0 Å². The minimum atomic E-state index is -0.191. The Morgan fingerprint density at radius 1 is 1.30 bits per heavy atom. The zero-order valence-corrected chi connectivity index (χ0v) is 13.5. The van der Waals surface area contributed by atoms with Gasteiger partial charge in [-0.3, -0.25) is 9.78 Å². The normalized spacial score (nSPS) is 15.8. The van der Waals surface area contributed by atoms with Crippen LogP contribution in [0, 0.1) is 5.92 Å². The standard InChI is InChI=1S/C16H22N6O/c1-11(2)14(19-16(23)12-5-3-4-7-18-12)15-21-20-13-6-8-17-9-10-22(13)15/h3-5,7,11,14,17H,6,8-10H2,1-2H3,(H,19,23)/t14-/m0/s1. The SMILES string of the molecule is CC(C)[C@H](NC(=O)c1ccccn1)c1nnc2n1CCNCC2. The van der Waals surface area contributed by atoms with Crippen molar-refractivity contribution in [3.05, 3.63) is 41.7 Å². The second-order valence-electron chi connectivity index (χ2n) is 6.04. The number of hydrogen-bond acceptors (Lipinski definition) is 5. The molecule has 1 atom stereocenters. The minimum absolute atomic E-state index is 0.187. The molecule has 3 rings (SSSR count). The third-order valence-corrected chi connectivity index (χ3v) is 4.02. The molecule has 3 heterocycles. The molecule has 7 nitrogen and oxygen atoms in total. The fourth-order valence-corrected chi connectivity index (χ4v) is 2.77. The Kier molecular flexibility index (Phi) is 4.66. The molecule has 1 aliphatic rings. The molecule has 0 radical (unpaired) electrons. The summed E-state index contributed by atoms with van der Waals surface area (Å²) in [4.78, 5) is 16.6. The fourth-order valence-electron chi connectivity index (χ4n) is 2.77. The van der Waals surface area contributed by atoms with Crippen LogP contribution in [0.15, 0.2) is 24.4 Å². The Hall–Kier alpha value is -2.28. The highest BCUT2D eigenvalue weighted by atomic mass is 16.2. The highest BCUT2D eigenvalue weighted by Gasteiger charge is 2.26. The van der Waals surface area contributed by atoms with Gasteiger partial charge in [-0.2, -0.15) is 0 Å². The summed E-state index contributed by atoms with van der Waals surface area (Å²) in [5, 5.41) is 15.1. The van der Waals surface area contributed by atoms with Gasteiger partial charge in [0.2, 0.25) is 0 Å². The number of nitrogens with one attached hydrogen (secondary N) is 2. The van der Waals surface area contributed by atoms with Crippen molar-refractivity contribution < 1.29 is 4.79 Å². The van der Waals surface area contributed by atoms with E-state index in [1.165, 1.54) is 0 Å². The van der Waals surface area contributed by atoms with Gasteiger partial charge in [0, 0.05) is 32.3 Å². The quantitative estimate of drug-likeness (QED) is 0.877. The summed E-state index contributed by atoms with van der Waals surface area (Å²) in [6, 6.07) is 5.12. The van der Waals surface area contributed by atoms with E-state index < -0.39 is 0 Å². The van der Waals surface area contributed by atoms with E-state index in [1.54, 1.807) is 24.4 Å². The van der Waals surface area contributed by atoms with Crippen LogP contribution >= 0.6 is 0 Å². The van der Waals surface area contributed by atoms with E-state index in [9.17, 15) is 4.79 Å². The highest BCUT2D eigenvalue weighted by Crippen LogP contribution is 2.22. The summed E-state index contributed by atoms with van der Waals surface area (Å²) in [5.74, 6) is 1.81. The van der Waals surface area contributed by atoms with Crippen molar-refractivity contribution in [1.29, 1.82) is 0 Å². The van der Waals surface area contributed by atoms with Crippen molar-refractivity contribution in [1.82, 2.24) is 30.4 Å². The third kappa shape index (κ3) is 3.39. The predicted octanol–water partition coefficient (Wildman–Crippen LogP) is 0.946. The number of carbonyl (C=O) groups excluding carboxylic acids is 1. The van der Waals surface area contributed by atoms with E-state index in [2.05, 4.69) is 44.2 Å². The monoisotopic (exact) mass is 314 g/mol. The van der Waals surface area contributed by atoms with E-state index in [0.29, 0.717) is 5.69 Å². The van der Waals surface area contributed by atoms with Gasteiger partial charge in [0.25, 0.3) is 5.91 Å². The molecule has 1 amide bonds. The van der Waals surface area contributed by atoms with Crippen molar-refractivity contribution >= 4 is 5.91 Å². The van der Waals surface area contributed by atoms with Crippen molar-refractivity contribution in [2.45, 2.75) is 32.9 Å². The highest BCUT2D eigenvalue weighted by molar-refractivity contribution is 5.92. The van der Waals surface area contributed by atoms with Crippen LogP contribution in [0.3, 0.4) is 0 Å². The Labute approximate surface area is 135 Å². The zero-order valence-electron chi connectivity index (χ0n) is 13.5. The Balaban J connectivity index is 1.85. The molecule has 0 saturated heterocycles. The number of nitrogens with zero attached hydrogens (tertiary/aromatic N) is 4. The molecule has 0 aliphatic carbocycles. The minimum Gasteiger partial charge on any atom is -0.340 e. The van der Waals surface area contributed by atoms with Gasteiger partial charge >= 0.3 is 0 Å². The summed E-state index contributed by atoms with van der Waals surface area (Å²) in [5.41, 5.74) is 0.412. The largest absolute Gasteiger partial charge is 0.340 e. The molecule has 0 fully saturated rings. The summed E-state index contributed by atoms with van der Waals surface area (Å²) in [6.07, 6.45) is 2.47. The van der Waals surface area contributed by atoms with E-state index in [-0.39, 0.29) is 17.9 Å². The van der Waals surface area contributed by atoms with Gasteiger partial charge in [0.05, 0.1) is 6.04 Å². The average Bonchev–Trinajstić information content (AvgIpc) is 2.80. The predicted molar refractivity (Wildman–Crippen MR) is 85.9 cm³/mol. The molecule has 7 heteroatoms. The molecule has 1 aliphatic heterocycles. The van der Waals surface area contributed by atoms with Crippen molar-refractivity contribution in [2.24, 2.45) is 5.92 Å². The first-order valence-corrected chi connectivity index (χ1v) is 8.01. The maximum absolute atomic E-state index is 12.4. The van der Waals surface area contributed by atoms with Gasteiger partial charge < -0.3 is 15.2 Å². The van der Waals surface area contributed by atoms with E-state index in [0.717, 1.165) is 37.7 Å². The van der Waals surface area contributed by atoms with Crippen LogP contribution in [0.25, 0.3) is 0 Å². The van der Waals surface area contributed by atoms with Crippen molar-refractivity contribution in [3.8, 4) is 0 Å². The van der Waals surface area contributed by atoms with Crippen molar-refractivity contribution in [2.75, 3.05) is 13.1 Å². The van der Waals surface area contributed by atoms with E-state index in [1.807, 2.05) is 0 Å². The van der Waals surface area contributed by atoms with Crippen LogP contribution in [-0.4, -0.2) is 38.7 Å². The second-order valence-corrected chi connectivity index (χ2v) is 6.04. The number of rotatable bonds is 4. The molecule has 23 heavy (non-hydrogen) atoms. The molecule has 2 aromatic rings. The number of fused-ring (bicyclic) bond motifs is 1. The summed E-state index contributed by atoms with van der Waals surface area (Å²) < 4.78 is 2.13.